The van der Waals surface area contributed by atoms with Crippen molar-refractivity contribution < 1.29 is 19.4 Å². The Labute approximate surface area is 115 Å². The molecule has 2 aromatic rings. The molecule has 0 aliphatic heterocycles. The number of rotatable bonds is 4. The first-order chi connectivity index (χ1) is 9.56. The molecule has 0 bridgehead atoms. The summed E-state index contributed by atoms with van der Waals surface area (Å²) >= 11 is 0. The van der Waals surface area contributed by atoms with E-state index in [1.165, 1.54) is 25.3 Å². The lowest BCUT2D eigenvalue weighted by molar-refractivity contribution is -0.114. The van der Waals surface area contributed by atoms with Gasteiger partial charge in [-0.05, 0) is 24.3 Å². The Kier molecular flexibility index (Phi) is 3.95. The Morgan fingerprint density at radius 3 is 2.75 bits per heavy atom. The van der Waals surface area contributed by atoms with Crippen LogP contribution in [0.1, 0.15) is 17.3 Å². The van der Waals surface area contributed by atoms with Gasteiger partial charge in [0.05, 0.1) is 0 Å². The highest BCUT2D eigenvalue weighted by Gasteiger charge is 2.12. The summed E-state index contributed by atoms with van der Waals surface area (Å²) < 4.78 is 5.45. The fourth-order valence-electron chi connectivity index (χ4n) is 1.59. The SMILES string of the molecule is CC(=O)Nc1cccc(Oc2ncccc2C(=O)O)c1. The Bertz CT molecular complexity index is 655. The van der Waals surface area contributed by atoms with E-state index in [4.69, 9.17) is 9.84 Å². The summed E-state index contributed by atoms with van der Waals surface area (Å²) in [5, 5.41) is 11.7. The van der Waals surface area contributed by atoms with Crippen molar-refractivity contribution in [1.29, 1.82) is 0 Å². The van der Waals surface area contributed by atoms with Gasteiger partial charge in [0.1, 0.15) is 11.3 Å². The largest absolute Gasteiger partial charge is 0.477 e. The molecule has 1 amide bonds. The topological polar surface area (TPSA) is 88.5 Å². The van der Waals surface area contributed by atoms with Crippen molar-refractivity contribution in [1.82, 2.24) is 4.98 Å². The zero-order valence-electron chi connectivity index (χ0n) is 10.7. The number of ether oxygens (including phenoxy) is 1. The number of aromatic nitrogens is 1. The average molecular weight is 272 g/mol. The van der Waals surface area contributed by atoms with E-state index >= 15 is 0 Å². The molecule has 6 nitrogen and oxygen atoms in total. The molecule has 1 aromatic carbocycles. The predicted molar refractivity (Wildman–Crippen MR) is 72.0 cm³/mol. The third kappa shape index (κ3) is 3.32. The lowest BCUT2D eigenvalue weighted by Crippen LogP contribution is -2.05. The lowest BCUT2D eigenvalue weighted by Gasteiger charge is -2.08. The van der Waals surface area contributed by atoms with Crippen molar-refractivity contribution in [3.05, 3.63) is 48.2 Å². The highest BCUT2D eigenvalue weighted by Crippen LogP contribution is 2.25. The second-order valence-corrected chi connectivity index (χ2v) is 3.97. The summed E-state index contributed by atoms with van der Waals surface area (Å²) in [6, 6.07) is 9.54. The minimum atomic E-state index is -1.12. The van der Waals surface area contributed by atoms with Crippen LogP contribution in [-0.4, -0.2) is 22.0 Å². The monoisotopic (exact) mass is 272 g/mol. The molecule has 20 heavy (non-hydrogen) atoms. The minimum absolute atomic E-state index is 0.0000231. The maximum absolute atomic E-state index is 11.0. The van der Waals surface area contributed by atoms with Crippen molar-refractivity contribution in [3.63, 3.8) is 0 Å². The highest BCUT2D eigenvalue weighted by atomic mass is 16.5. The summed E-state index contributed by atoms with van der Waals surface area (Å²) in [6.07, 6.45) is 1.44. The van der Waals surface area contributed by atoms with Crippen molar-refractivity contribution in [3.8, 4) is 11.6 Å². The summed E-state index contributed by atoms with van der Waals surface area (Å²) in [7, 11) is 0. The molecule has 0 saturated heterocycles. The van der Waals surface area contributed by atoms with Gasteiger partial charge in [0.15, 0.2) is 0 Å². The fraction of sp³-hybridized carbons (Fsp3) is 0.0714. The van der Waals surface area contributed by atoms with Crippen LogP contribution in [0.5, 0.6) is 11.6 Å². The first-order valence-corrected chi connectivity index (χ1v) is 5.80. The van der Waals surface area contributed by atoms with E-state index in [2.05, 4.69) is 10.3 Å². The van der Waals surface area contributed by atoms with Gasteiger partial charge < -0.3 is 15.2 Å². The summed E-state index contributed by atoms with van der Waals surface area (Å²) in [5.74, 6) is -0.935. The molecule has 2 rings (SSSR count). The second kappa shape index (κ2) is 5.83. The van der Waals surface area contributed by atoms with Gasteiger partial charge in [-0.25, -0.2) is 9.78 Å². The molecule has 1 heterocycles. The van der Waals surface area contributed by atoms with Gasteiger partial charge in [-0.15, -0.1) is 0 Å². The third-order valence-corrected chi connectivity index (χ3v) is 2.37. The molecule has 0 fully saturated rings. The minimum Gasteiger partial charge on any atom is -0.477 e. The van der Waals surface area contributed by atoms with Crippen LogP contribution >= 0.6 is 0 Å². The van der Waals surface area contributed by atoms with E-state index in [0.29, 0.717) is 11.4 Å². The number of benzene rings is 1. The van der Waals surface area contributed by atoms with Gasteiger partial charge in [-0.2, -0.15) is 0 Å². The summed E-state index contributed by atoms with van der Waals surface area (Å²) in [5.41, 5.74) is 0.528. The Morgan fingerprint density at radius 2 is 2.05 bits per heavy atom. The smallest absolute Gasteiger partial charge is 0.341 e. The number of hydrogen-bond donors (Lipinski definition) is 2. The van der Waals surface area contributed by atoms with Crippen molar-refractivity contribution in [2.24, 2.45) is 0 Å². The maximum Gasteiger partial charge on any atom is 0.341 e. The van der Waals surface area contributed by atoms with Crippen LogP contribution in [0.2, 0.25) is 0 Å². The van der Waals surface area contributed by atoms with Gasteiger partial charge in [0, 0.05) is 24.9 Å². The molecule has 102 valence electrons. The summed E-state index contributed by atoms with van der Waals surface area (Å²) in [6.45, 7) is 1.40. The maximum atomic E-state index is 11.0. The fourth-order valence-corrected chi connectivity index (χ4v) is 1.59. The molecule has 0 saturated carbocycles. The second-order valence-electron chi connectivity index (χ2n) is 3.97. The number of aromatic carboxylic acids is 1. The first kappa shape index (κ1) is 13.5. The predicted octanol–water partition coefficient (Wildman–Crippen LogP) is 2.53. The van der Waals surface area contributed by atoms with Crippen LogP contribution in [0.3, 0.4) is 0 Å². The van der Waals surface area contributed by atoms with Gasteiger partial charge in [0.2, 0.25) is 11.8 Å². The van der Waals surface area contributed by atoms with E-state index in [-0.39, 0.29) is 17.4 Å². The Balaban J connectivity index is 2.26. The number of carbonyl (C=O) groups is 2. The molecule has 0 spiro atoms. The van der Waals surface area contributed by atoms with Crippen molar-refractivity contribution in [2.45, 2.75) is 6.92 Å². The number of carboxylic acids is 1. The third-order valence-electron chi connectivity index (χ3n) is 2.37. The van der Waals surface area contributed by atoms with Crippen LogP contribution < -0.4 is 10.1 Å². The lowest BCUT2D eigenvalue weighted by atomic mass is 10.2. The van der Waals surface area contributed by atoms with Gasteiger partial charge in [-0.1, -0.05) is 6.07 Å². The number of anilines is 1. The first-order valence-electron chi connectivity index (χ1n) is 5.80. The average Bonchev–Trinajstić information content (AvgIpc) is 2.38. The van der Waals surface area contributed by atoms with E-state index < -0.39 is 5.97 Å². The standard InChI is InChI=1S/C14H12N2O4/c1-9(17)16-10-4-2-5-11(8-10)20-13-12(14(18)19)6-3-7-15-13/h2-8H,1H3,(H,16,17)(H,18,19). The molecule has 6 heteroatoms. The molecule has 0 radical (unpaired) electrons. The molecule has 0 unspecified atom stereocenters. The molecular formula is C14H12N2O4. The number of hydrogen-bond acceptors (Lipinski definition) is 4. The number of carboxylic acid groups (broad SMARTS) is 1. The number of nitrogens with zero attached hydrogens (tertiary/aromatic N) is 1. The van der Waals surface area contributed by atoms with Crippen LogP contribution in [0.25, 0.3) is 0 Å². The number of carbonyl (C=O) groups excluding carboxylic acids is 1. The molecule has 0 atom stereocenters. The molecule has 0 aliphatic rings. The van der Waals surface area contributed by atoms with Crippen LogP contribution in [0.15, 0.2) is 42.6 Å². The van der Waals surface area contributed by atoms with Crippen LogP contribution in [0, 0.1) is 0 Å². The highest BCUT2D eigenvalue weighted by molar-refractivity contribution is 5.90. The van der Waals surface area contributed by atoms with E-state index in [0.717, 1.165) is 0 Å². The molecule has 2 N–H and O–H groups in total. The van der Waals surface area contributed by atoms with Gasteiger partial charge in [0.25, 0.3) is 0 Å². The van der Waals surface area contributed by atoms with Gasteiger partial charge in [-0.3, -0.25) is 4.79 Å². The van der Waals surface area contributed by atoms with E-state index in [1.54, 1.807) is 24.3 Å². The number of nitrogens with one attached hydrogen (secondary N) is 1. The van der Waals surface area contributed by atoms with Crippen molar-refractivity contribution in [2.75, 3.05) is 5.32 Å². The Hall–Kier alpha value is -2.89. The molecule has 0 aliphatic carbocycles. The van der Waals surface area contributed by atoms with Crippen LogP contribution in [-0.2, 0) is 4.79 Å². The van der Waals surface area contributed by atoms with E-state index in [1.807, 2.05) is 0 Å². The van der Waals surface area contributed by atoms with E-state index in [9.17, 15) is 9.59 Å². The molecule has 1 aromatic heterocycles. The number of pyridine rings is 1. The molecular weight excluding hydrogens is 260 g/mol. The Morgan fingerprint density at radius 1 is 1.25 bits per heavy atom. The zero-order chi connectivity index (χ0) is 14.5. The van der Waals surface area contributed by atoms with Crippen LogP contribution in [0.4, 0.5) is 5.69 Å². The van der Waals surface area contributed by atoms with Crippen molar-refractivity contribution >= 4 is 17.6 Å². The number of amides is 1. The van der Waals surface area contributed by atoms with Gasteiger partial charge >= 0.3 is 5.97 Å². The summed E-state index contributed by atoms with van der Waals surface area (Å²) in [4.78, 5) is 25.9. The zero-order valence-corrected chi connectivity index (χ0v) is 10.7. The normalized spacial score (nSPS) is 9.85. The quantitative estimate of drug-likeness (QED) is 0.892.